The lowest BCUT2D eigenvalue weighted by atomic mass is 9.68. The number of nitriles is 1. The Kier molecular flexibility index (Phi) is 4.76. The Labute approximate surface area is 194 Å². The van der Waals surface area contributed by atoms with Crippen LogP contribution in [0.5, 0.6) is 11.6 Å². The van der Waals surface area contributed by atoms with Crippen molar-refractivity contribution in [2.24, 2.45) is 5.73 Å². The zero-order valence-electron chi connectivity index (χ0n) is 18.3. The van der Waals surface area contributed by atoms with Gasteiger partial charge in [-0.05, 0) is 30.3 Å². The summed E-state index contributed by atoms with van der Waals surface area (Å²) in [5.74, 6) is -0.641. The van der Waals surface area contributed by atoms with E-state index in [9.17, 15) is 14.9 Å². The monoisotopic (exact) mass is 457 g/mol. The average molecular weight is 457 g/mol. The van der Waals surface area contributed by atoms with Crippen LogP contribution in [0.15, 0.2) is 60.0 Å². The van der Waals surface area contributed by atoms with Gasteiger partial charge in [0, 0.05) is 16.8 Å². The van der Waals surface area contributed by atoms with Crippen LogP contribution in [0.4, 0.5) is 5.69 Å². The normalized spacial score (nSPS) is 18.3. The number of rotatable bonds is 4. The number of aromatic amines is 1. The Morgan fingerprint density at radius 1 is 1.24 bits per heavy atom. The molecule has 34 heavy (non-hydrogen) atoms. The molecule has 10 nitrogen and oxygen atoms in total. The Morgan fingerprint density at radius 3 is 2.65 bits per heavy atom. The lowest BCUT2D eigenvalue weighted by molar-refractivity contribution is -0.140. The first-order valence-electron chi connectivity index (χ1n) is 10.3. The van der Waals surface area contributed by atoms with Crippen molar-refractivity contribution in [2.75, 3.05) is 25.7 Å². The van der Waals surface area contributed by atoms with Gasteiger partial charge >= 0.3 is 5.97 Å². The topological polar surface area (TPSA) is 144 Å². The van der Waals surface area contributed by atoms with Crippen molar-refractivity contribution in [1.29, 1.82) is 5.26 Å². The number of anilines is 1. The molecule has 170 valence electrons. The highest BCUT2D eigenvalue weighted by Gasteiger charge is 2.61. The van der Waals surface area contributed by atoms with Gasteiger partial charge in [0.25, 0.3) is 0 Å². The zero-order valence-corrected chi connectivity index (χ0v) is 18.3. The van der Waals surface area contributed by atoms with Crippen LogP contribution in [-0.2, 0) is 19.7 Å². The van der Waals surface area contributed by atoms with E-state index in [1.807, 2.05) is 0 Å². The quantitative estimate of drug-likeness (QED) is 0.566. The molecule has 2 aliphatic heterocycles. The van der Waals surface area contributed by atoms with Gasteiger partial charge in [-0.15, -0.1) is 5.10 Å². The third kappa shape index (κ3) is 2.70. The van der Waals surface area contributed by atoms with E-state index in [1.54, 1.807) is 55.6 Å². The first kappa shape index (κ1) is 21.1. The number of amides is 1. The molecule has 2 aromatic carbocycles. The minimum absolute atomic E-state index is 0.0744. The number of carbonyl (C=O) groups excluding carboxylic acids is 2. The van der Waals surface area contributed by atoms with Gasteiger partial charge in [-0.3, -0.25) is 19.6 Å². The smallest absolute Gasteiger partial charge is 0.325 e. The summed E-state index contributed by atoms with van der Waals surface area (Å²) < 4.78 is 15.7. The van der Waals surface area contributed by atoms with Crippen LogP contribution in [0, 0.1) is 11.3 Å². The number of hydrogen-bond acceptors (Lipinski definition) is 8. The minimum Gasteiger partial charge on any atom is -0.497 e. The Balaban J connectivity index is 1.82. The molecule has 0 bridgehead atoms. The van der Waals surface area contributed by atoms with Crippen LogP contribution < -0.4 is 20.1 Å². The van der Waals surface area contributed by atoms with Crippen molar-refractivity contribution in [3.8, 4) is 29.0 Å². The number of hydrogen-bond donors (Lipinski definition) is 2. The summed E-state index contributed by atoms with van der Waals surface area (Å²) in [4.78, 5) is 27.7. The number of esters is 1. The molecule has 0 aliphatic carbocycles. The van der Waals surface area contributed by atoms with E-state index in [4.69, 9.17) is 19.9 Å². The van der Waals surface area contributed by atoms with Crippen molar-refractivity contribution in [1.82, 2.24) is 10.2 Å². The van der Waals surface area contributed by atoms with Gasteiger partial charge in [0.2, 0.25) is 17.7 Å². The number of nitrogens with zero attached hydrogens (tertiary/aromatic N) is 3. The molecular formula is C24H19N5O5. The third-order valence-corrected chi connectivity index (χ3v) is 6.11. The van der Waals surface area contributed by atoms with E-state index in [1.165, 1.54) is 12.0 Å². The second kappa shape index (κ2) is 7.67. The summed E-state index contributed by atoms with van der Waals surface area (Å²) in [6, 6.07) is 16.1. The number of para-hydroxylation sites is 1. The standard InChI is InChI=1S/C24H19N5O5/c1-32-14-9-7-13(8-10-14)20-19-22(28-27-20)34-21(26)16(11-25)24(19)15-5-3-4-6-17(15)29(23(24)31)12-18(30)33-2/h3-10H,12,26H2,1-2H3,(H,27,28)/t24-/m1/s1. The van der Waals surface area contributed by atoms with Crippen molar-refractivity contribution < 1.29 is 23.8 Å². The minimum atomic E-state index is -1.67. The van der Waals surface area contributed by atoms with Gasteiger partial charge in [0.15, 0.2) is 0 Å². The molecule has 3 heterocycles. The molecule has 0 saturated carbocycles. The van der Waals surface area contributed by atoms with Crippen LogP contribution in [0.25, 0.3) is 11.3 Å². The number of nitrogens with two attached hydrogens (primary N) is 1. The third-order valence-electron chi connectivity index (χ3n) is 6.11. The van der Waals surface area contributed by atoms with E-state index in [0.29, 0.717) is 33.8 Å². The van der Waals surface area contributed by atoms with E-state index in [-0.39, 0.29) is 23.9 Å². The molecule has 1 aromatic heterocycles. The molecule has 1 amide bonds. The summed E-state index contributed by atoms with van der Waals surface area (Å²) >= 11 is 0. The molecule has 1 spiro atoms. The highest BCUT2D eigenvalue weighted by molar-refractivity contribution is 6.16. The van der Waals surface area contributed by atoms with Crippen LogP contribution in [0.3, 0.4) is 0 Å². The van der Waals surface area contributed by atoms with Gasteiger partial charge in [0.1, 0.15) is 29.4 Å². The predicted molar refractivity (Wildman–Crippen MR) is 120 cm³/mol. The Bertz CT molecular complexity index is 1400. The SMILES string of the molecule is COC(=O)CN1C(=O)[C@@]2(C(C#N)=C(N)Oc3n[nH]c(-c4ccc(OC)cc4)c32)c2ccccc21. The molecule has 3 aromatic rings. The number of ether oxygens (including phenoxy) is 3. The summed E-state index contributed by atoms with van der Waals surface area (Å²) in [6.45, 7) is -0.335. The lowest BCUT2D eigenvalue weighted by Gasteiger charge is -2.32. The fourth-order valence-corrected chi connectivity index (χ4v) is 4.60. The number of methoxy groups -OCH3 is 2. The predicted octanol–water partition coefficient (Wildman–Crippen LogP) is 1.98. The van der Waals surface area contributed by atoms with Crippen LogP contribution in [-0.4, -0.2) is 42.8 Å². The molecule has 3 N–H and O–H groups in total. The summed E-state index contributed by atoms with van der Waals surface area (Å²) in [6.07, 6.45) is 0. The van der Waals surface area contributed by atoms with Crippen LogP contribution >= 0.6 is 0 Å². The van der Waals surface area contributed by atoms with Crippen LogP contribution in [0.2, 0.25) is 0 Å². The second-order valence-electron chi connectivity index (χ2n) is 7.69. The lowest BCUT2D eigenvalue weighted by Crippen LogP contribution is -2.47. The largest absolute Gasteiger partial charge is 0.497 e. The average Bonchev–Trinajstić information content (AvgIpc) is 3.38. The molecule has 0 unspecified atom stereocenters. The number of nitrogens with one attached hydrogen (secondary N) is 1. The molecule has 5 rings (SSSR count). The van der Waals surface area contributed by atoms with E-state index in [2.05, 4.69) is 16.3 Å². The molecule has 0 radical (unpaired) electrons. The second-order valence-corrected chi connectivity index (χ2v) is 7.69. The van der Waals surface area contributed by atoms with Crippen molar-refractivity contribution in [2.45, 2.75) is 5.41 Å². The number of benzene rings is 2. The number of carbonyl (C=O) groups is 2. The fraction of sp³-hybridized carbons (Fsp3) is 0.167. The van der Waals surface area contributed by atoms with Crippen LogP contribution in [0.1, 0.15) is 11.1 Å². The number of fused-ring (bicyclic) bond motifs is 4. The van der Waals surface area contributed by atoms with Gasteiger partial charge in [0.05, 0.1) is 25.5 Å². The summed E-state index contributed by atoms with van der Waals surface area (Å²) in [7, 11) is 2.81. The van der Waals surface area contributed by atoms with E-state index >= 15 is 0 Å². The van der Waals surface area contributed by atoms with Crippen molar-refractivity contribution in [3.63, 3.8) is 0 Å². The first-order valence-corrected chi connectivity index (χ1v) is 10.3. The fourth-order valence-electron chi connectivity index (χ4n) is 4.60. The molecular weight excluding hydrogens is 438 g/mol. The maximum atomic E-state index is 14.2. The first-order chi connectivity index (χ1) is 16.5. The maximum Gasteiger partial charge on any atom is 0.325 e. The number of aromatic nitrogens is 2. The highest BCUT2D eigenvalue weighted by atomic mass is 16.5. The zero-order chi connectivity index (χ0) is 24.0. The molecule has 10 heteroatoms. The van der Waals surface area contributed by atoms with Gasteiger partial charge in [-0.2, -0.15) is 5.26 Å². The Hall–Kier alpha value is -4.78. The molecule has 0 fully saturated rings. The van der Waals surface area contributed by atoms with Crippen molar-refractivity contribution >= 4 is 17.6 Å². The maximum absolute atomic E-state index is 14.2. The number of H-pyrrole nitrogens is 1. The van der Waals surface area contributed by atoms with Gasteiger partial charge < -0.3 is 19.9 Å². The van der Waals surface area contributed by atoms with Crippen molar-refractivity contribution in [3.05, 3.63) is 71.1 Å². The summed E-state index contributed by atoms with van der Waals surface area (Å²) in [5.41, 5.74) is 6.85. The van der Waals surface area contributed by atoms with E-state index < -0.39 is 17.3 Å². The van der Waals surface area contributed by atoms with Gasteiger partial charge in [-0.1, -0.05) is 18.2 Å². The summed E-state index contributed by atoms with van der Waals surface area (Å²) in [5, 5.41) is 17.4. The molecule has 1 atom stereocenters. The molecule has 0 saturated heterocycles. The molecule has 2 aliphatic rings. The highest BCUT2D eigenvalue weighted by Crippen LogP contribution is 2.56. The Morgan fingerprint density at radius 2 is 1.97 bits per heavy atom. The van der Waals surface area contributed by atoms with E-state index in [0.717, 1.165) is 0 Å². The van der Waals surface area contributed by atoms with Gasteiger partial charge in [-0.25, -0.2) is 0 Å².